The summed E-state index contributed by atoms with van der Waals surface area (Å²) in [7, 11) is -3.65. The number of nitrogens with one attached hydrogen (secondary N) is 1. The average molecular weight is 489 g/mol. The van der Waals surface area contributed by atoms with Gasteiger partial charge in [-0.1, -0.05) is 30.0 Å². The maximum atomic E-state index is 12.6. The van der Waals surface area contributed by atoms with Crippen molar-refractivity contribution < 1.29 is 28.5 Å². The van der Waals surface area contributed by atoms with Crippen molar-refractivity contribution in [2.75, 3.05) is 32.5 Å². The highest BCUT2D eigenvalue weighted by molar-refractivity contribution is 7.92. The second-order valence-corrected chi connectivity index (χ2v) is 11.0. The van der Waals surface area contributed by atoms with Gasteiger partial charge in [-0.15, -0.1) is 0 Å². The molecule has 34 heavy (non-hydrogen) atoms. The van der Waals surface area contributed by atoms with Crippen LogP contribution < -0.4 is 5.32 Å². The molecule has 0 spiro atoms. The second-order valence-electron chi connectivity index (χ2n) is 8.46. The van der Waals surface area contributed by atoms with E-state index >= 15 is 0 Å². The zero-order valence-corrected chi connectivity index (χ0v) is 20.4. The second kappa shape index (κ2) is 12.6. The third kappa shape index (κ3) is 7.89. The van der Waals surface area contributed by atoms with Gasteiger partial charge in [0, 0.05) is 50.9 Å². The first-order chi connectivity index (χ1) is 16.1. The van der Waals surface area contributed by atoms with Gasteiger partial charge in [0.05, 0.1) is 10.3 Å². The number of hydrogen-bond donors (Lipinski definition) is 4. The predicted octanol–water partition coefficient (Wildman–Crippen LogP) is 1.05. The van der Waals surface area contributed by atoms with Crippen LogP contribution in [0.5, 0.6) is 5.75 Å². The van der Waals surface area contributed by atoms with Crippen molar-refractivity contribution in [1.29, 1.82) is 0 Å². The Bertz CT molecular complexity index is 1120. The van der Waals surface area contributed by atoms with E-state index in [0.29, 0.717) is 32.4 Å². The topological polar surface area (TPSA) is 127 Å². The molecule has 0 aromatic heterocycles. The van der Waals surface area contributed by atoms with E-state index in [1.54, 1.807) is 17.0 Å². The van der Waals surface area contributed by atoms with Crippen LogP contribution in [0.1, 0.15) is 43.0 Å². The summed E-state index contributed by atoms with van der Waals surface area (Å²) >= 11 is 0. The van der Waals surface area contributed by atoms with Gasteiger partial charge >= 0.3 is 0 Å². The van der Waals surface area contributed by atoms with E-state index in [2.05, 4.69) is 29.0 Å². The number of phenolic OH excluding ortho intramolecular Hbond substituents is 1. The monoisotopic (exact) mass is 488 g/mol. The Balaban J connectivity index is 2.00. The van der Waals surface area contributed by atoms with Crippen molar-refractivity contribution in [1.82, 2.24) is 10.2 Å². The first-order valence-electron chi connectivity index (χ1n) is 11.0. The Labute approximate surface area is 201 Å². The highest BCUT2D eigenvalue weighted by Crippen LogP contribution is 2.25. The first kappa shape index (κ1) is 27.4. The number of sulfone groups is 1. The smallest absolute Gasteiger partial charge is 0.255 e. The number of benzene rings is 1. The van der Waals surface area contributed by atoms with Crippen LogP contribution in [0.2, 0.25) is 0 Å². The molecule has 1 heterocycles. The lowest BCUT2D eigenvalue weighted by atomic mass is 10.0. The zero-order valence-electron chi connectivity index (χ0n) is 19.5. The molecule has 2 unspecified atom stereocenters. The number of hydrogen-bond acceptors (Lipinski definition) is 7. The van der Waals surface area contributed by atoms with Crippen LogP contribution in [0.15, 0.2) is 35.9 Å². The Hall–Kier alpha value is -2.82. The van der Waals surface area contributed by atoms with Gasteiger partial charge in [-0.3, -0.25) is 9.69 Å². The molecule has 0 fully saturated rings. The van der Waals surface area contributed by atoms with Gasteiger partial charge < -0.3 is 20.6 Å². The standard InChI is InChI=1S/C25H32N2O6S/c1-25(34(2,32)33,19-26-24(31)21-11-7-8-12-22(21)29)18-23(30)27-15-13-20(14-16-27)10-6-4-3-5-9-17-28/h7-8,11-13,23,28-30H,5,9,14-19H2,1-2H3,(H,26,31). The number of aromatic hydroxyl groups is 1. The van der Waals surface area contributed by atoms with Gasteiger partial charge in [-0.05, 0) is 43.7 Å². The molecule has 1 aliphatic heterocycles. The van der Waals surface area contributed by atoms with Crippen molar-refractivity contribution in [3.8, 4) is 29.4 Å². The van der Waals surface area contributed by atoms with Crippen molar-refractivity contribution >= 4 is 15.7 Å². The molecule has 2 rings (SSSR count). The normalized spacial score (nSPS) is 16.6. The van der Waals surface area contributed by atoms with Crippen LogP contribution in [0.4, 0.5) is 0 Å². The largest absolute Gasteiger partial charge is 0.507 e. The Morgan fingerprint density at radius 1 is 1.29 bits per heavy atom. The molecule has 1 aliphatic rings. The highest BCUT2D eigenvalue weighted by Gasteiger charge is 2.39. The summed E-state index contributed by atoms with van der Waals surface area (Å²) < 4.78 is 23.7. The molecule has 2 atom stereocenters. The first-order valence-corrected chi connectivity index (χ1v) is 12.9. The van der Waals surface area contributed by atoms with Crippen molar-refractivity contribution in [2.24, 2.45) is 0 Å². The summed E-state index contributed by atoms with van der Waals surface area (Å²) in [6.45, 7) is 2.29. The molecule has 1 amide bonds. The van der Waals surface area contributed by atoms with Gasteiger partial charge in [0.15, 0.2) is 9.84 Å². The number of aliphatic hydroxyl groups is 2. The van der Waals surface area contributed by atoms with Gasteiger partial charge in [-0.25, -0.2) is 8.42 Å². The zero-order chi connectivity index (χ0) is 25.2. The molecule has 0 saturated carbocycles. The SMILES string of the molecule is CC(CNC(=O)c1ccccc1O)(CC(O)N1CC=C(C#CC#CCCCO)CC1)S(C)(=O)=O. The third-order valence-corrected chi connectivity index (χ3v) is 7.88. The van der Waals surface area contributed by atoms with E-state index in [1.807, 2.05) is 6.08 Å². The van der Waals surface area contributed by atoms with E-state index in [4.69, 9.17) is 5.11 Å². The minimum atomic E-state index is -3.65. The number of para-hydroxylation sites is 1. The van der Waals surface area contributed by atoms with Crippen molar-refractivity contribution in [3.63, 3.8) is 0 Å². The van der Waals surface area contributed by atoms with E-state index in [0.717, 1.165) is 11.8 Å². The molecule has 1 aromatic rings. The summed E-state index contributed by atoms with van der Waals surface area (Å²) in [5.41, 5.74) is 0.951. The van der Waals surface area contributed by atoms with Crippen LogP contribution in [0.25, 0.3) is 0 Å². The Morgan fingerprint density at radius 3 is 2.65 bits per heavy atom. The molecule has 4 N–H and O–H groups in total. The van der Waals surface area contributed by atoms with Crippen molar-refractivity contribution in [2.45, 2.75) is 43.6 Å². The molecule has 0 saturated heterocycles. The maximum Gasteiger partial charge on any atom is 0.255 e. The summed E-state index contributed by atoms with van der Waals surface area (Å²) in [5.74, 6) is 10.6. The van der Waals surface area contributed by atoms with E-state index in [1.165, 1.54) is 19.1 Å². The Morgan fingerprint density at radius 2 is 2.03 bits per heavy atom. The van der Waals surface area contributed by atoms with E-state index in [9.17, 15) is 23.4 Å². The third-order valence-electron chi connectivity index (χ3n) is 5.78. The lowest BCUT2D eigenvalue weighted by Crippen LogP contribution is -2.51. The molecule has 0 aliphatic carbocycles. The molecule has 1 aromatic carbocycles. The highest BCUT2D eigenvalue weighted by atomic mass is 32.2. The number of aliphatic hydroxyl groups excluding tert-OH is 2. The predicted molar refractivity (Wildman–Crippen MR) is 130 cm³/mol. The number of carbonyl (C=O) groups is 1. The van der Waals surface area contributed by atoms with E-state index in [-0.39, 0.29) is 30.9 Å². The number of nitrogens with zero attached hydrogens (tertiary/aromatic N) is 1. The Kier molecular flexibility index (Phi) is 10.2. The minimum Gasteiger partial charge on any atom is -0.507 e. The summed E-state index contributed by atoms with van der Waals surface area (Å²) in [5, 5.41) is 31.9. The van der Waals surface area contributed by atoms with Crippen LogP contribution in [-0.4, -0.2) is 78.0 Å². The van der Waals surface area contributed by atoms with Gasteiger partial charge in [-0.2, -0.15) is 0 Å². The molecule has 184 valence electrons. The molecule has 8 nitrogen and oxygen atoms in total. The van der Waals surface area contributed by atoms with Crippen LogP contribution >= 0.6 is 0 Å². The number of carbonyl (C=O) groups excluding carboxylic acids is 1. The lowest BCUT2D eigenvalue weighted by molar-refractivity contribution is -0.00367. The lowest BCUT2D eigenvalue weighted by Gasteiger charge is -2.36. The fourth-order valence-electron chi connectivity index (χ4n) is 3.35. The van der Waals surface area contributed by atoms with E-state index < -0.39 is 26.7 Å². The van der Waals surface area contributed by atoms with Gasteiger partial charge in [0.1, 0.15) is 12.0 Å². The molecular weight excluding hydrogens is 456 g/mol. The fraction of sp³-hybridized carbons (Fsp3) is 0.480. The number of rotatable bonds is 9. The van der Waals surface area contributed by atoms with Crippen molar-refractivity contribution in [3.05, 3.63) is 41.5 Å². The molecule has 0 bridgehead atoms. The quantitative estimate of drug-likeness (QED) is 0.302. The summed E-state index contributed by atoms with van der Waals surface area (Å²) in [4.78, 5) is 14.2. The molecule has 0 radical (unpaired) electrons. The van der Waals surface area contributed by atoms with Crippen LogP contribution in [0.3, 0.4) is 0 Å². The number of amides is 1. The number of unbranched alkanes of at least 4 members (excludes halogenated alkanes) is 1. The molecule has 9 heteroatoms. The van der Waals surface area contributed by atoms with Gasteiger partial charge in [0.25, 0.3) is 5.91 Å². The summed E-state index contributed by atoms with van der Waals surface area (Å²) in [6.07, 6.45) is 3.64. The minimum absolute atomic E-state index is 0.0480. The molecular formula is C25H32N2O6S. The van der Waals surface area contributed by atoms with Crippen LogP contribution in [-0.2, 0) is 9.84 Å². The maximum absolute atomic E-state index is 12.6. The van der Waals surface area contributed by atoms with Crippen LogP contribution in [0, 0.1) is 23.7 Å². The van der Waals surface area contributed by atoms with Gasteiger partial charge in [0.2, 0.25) is 0 Å². The summed E-state index contributed by atoms with van der Waals surface area (Å²) in [6, 6.07) is 6.00. The fourth-order valence-corrected chi connectivity index (χ4v) is 4.14. The average Bonchev–Trinajstić information content (AvgIpc) is 2.79. The number of phenols is 1.